The number of hydrogen-bond acceptors (Lipinski definition) is 4. The van der Waals surface area contributed by atoms with Gasteiger partial charge in [0.1, 0.15) is 17.5 Å². The predicted octanol–water partition coefficient (Wildman–Crippen LogP) is 1.72. The molecular formula is C18H20N2O4. The molecule has 0 spiro atoms. The Morgan fingerprint density at radius 2 is 2.04 bits per heavy atom. The first kappa shape index (κ1) is 15.2. The molecule has 0 aliphatic carbocycles. The molecule has 2 aliphatic rings. The topological polar surface area (TPSA) is 82.6 Å². The zero-order chi connectivity index (χ0) is 17.1. The van der Waals surface area contributed by atoms with Crippen LogP contribution in [0.1, 0.15) is 38.3 Å². The van der Waals surface area contributed by atoms with Crippen molar-refractivity contribution in [1.82, 2.24) is 9.88 Å². The third-order valence-electron chi connectivity index (χ3n) is 5.03. The van der Waals surface area contributed by atoms with Gasteiger partial charge in [0.15, 0.2) is 0 Å². The lowest BCUT2D eigenvalue weighted by molar-refractivity contribution is -0.139. The van der Waals surface area contributed by atoms with Crippen molar-refractivity contribution in [1.29, 1.82) is 0 Å². The van der Waals surface area contributed by atoms with Crippen LogP contribution >= 0.6 is 0 Å². The number of aliphatic hydroxyl groups excluding tert-OH is 1. The second-order valence-electron chi connectivity index (χ2n) is 7.03. The normalized spacial score (nSPS) is 25.6. The van der Waals surface area contributed by atoms with Crippen LogP contribution in [0.15, 0.2) is 29.1 Å². The number of carbonyl (C=O) groups is 1. The van der Waals surface area contributed by atoms with Crippen molar-refractivity contribution in [3.63, 3.8) is 0 Å². The van der Waals surface area contributed by atoms with Gasteiger partial charge in [0.2, 0.25) is 5.91 Å². The third kappa shape index (κ3) is 2.06. The van der Waals surface area contributed by atoms with Crippen molar-refractivity contribution in [2.45, 2.75) is 44.4 Å². The molecule has 6 nitrogen and oxygen atoms in total. The highest BCUT2D eigenvalue weighted by atomic mass is 16.5. The number of rotatable bonds is 1. The van der Waals surface area contributed by atoms with Gasteiger partial charge in [-0.3, -0.25) is 9.59 Å². The van der Waals surface area contributed by atoms with Crippen LogP contribution < -0.4 is 10.3 Å². The second kappa shape index (κ2) is 5.08. The number of H-pyrrole nitrogens is 1. The molecule has 1 aromatic heterocycles. The van der Waals surface area contributed by atoms with Crippen LogP contribution in [-0.4, -0.2) is 39.1 Å². The summed E-state index contributed by atoms with van der Waals surface area (Å²) in [5.74, 6) is 0.435. The molecule has 2 N–H and O–H groups in total. The van der Waals surface area contributed by atoms with Crippen LogP contribution in [0.3, 0.4) is 0 Å². The molecule has 1 fully saturated rings. The number of para-hydroxylation sites is 1. The fourth-order valence-corrected chi connectivity index (χ4v) is 3.76. The molecule has 3 heterocycles. The minimum Gasteiger partial charge on any atom is -0.484 e. The number of fused-ring (bicyclic) bond motifs is 3. The molecule has 4 rings (SSSR count). The summed E-state index contributed by atoms with van der Waals surface area (Å²) in [6, 6.07) is 6.72. The fraction of sp³-hybridized carbons (Fsp3) is 0.444. The maximum atomic E-state index is 12.7. The van der Waals surface area contributed by atoms with Crippen molar-refractivity contribution in [3.05, 3.63) is 40.2 Å². The molecule has 1 aromatic carbocycles. The average Bonchev–Trinajstić information content (AvgIpc) is 2.95. The number of benzene rings is 1. The molecule has 126 valence electrons. The van der Waals surface area contributed by atoms with E-state index in [0.29, 0.717) is 29.8 Å². The van der Waals surface area contributed by atoms with Gasteiger partial charge in [-0.25, -0.2) is 0 Å². The van der Waals surface area contributed by atoms with Crippen molar-refractivity contribution >= 4 is 16.8 Å². The highest BCUT2D eigenvalue weighted by molar-refractivity contribution is 5.87. The second-order valence-corrected chi connectivity index (χ2v) is 7.03. The number of ether oxygens (including phenoxy) is 1. The Labute approximate surface area is 139 Å². The Morgan fingerprint density at radius 3 is 2.75 bits per heavy atom. The molecule has 24 heavy (non-hydrogen) atoms. The van der Waals surface area contributed by atoms with E-state index in [4.69, 9.17) is 4.74 Å². The predicted molar refractivity (Wildman–Crippen MR) is 89.0 cm³/mol. The third-order valence-corrected chi connectivity index (χ3v) is 5.03. The van der Waals surface area contributed by atoms with Crippen LogP contribution in [0.2, 0.25) is 0 Å². The first-order valence-electron chi connectivity index (χ1n) is 8.21. The Bertz CT molecular complexity index is 886. The number of hydrogen-bond donors (Lipinski definition) is 2. The van der Waals surface area contributed by atoms with Gasteiger partial charge in [-0.05, 0) is 32.4 Å². The van der Waals surface area contributed by atoms with Gasteiger partial charge in [0.25, 0.3) is 5.56 Å². The van der Waals surface area contributed by atoms with Crippen molar-refractivity contribution in [2.24, 2.45) is 0 Å². The van der Waals surface area contributed by atoms with E-state index in [1.165, 1.54) is 0 Å². The van der Waals surface area contributed by atoms with Gasteiger partial charge in [-0.15, -0.1) is 0 Å². The number of aromatic amines is 1. The van der Waals surface area contributed by atoms with Gasteiger partial charge in [-0.2, -0.15) is 0 Å². The lowest BCUT2D eigenvalue weighted by atomic mass is 9.85. The quantitative estimate of drug-likeness (QED) is 0.835. The summed E-state index contributed by atoms with van der Waals surface area (Å²) in [5.41, 5.74) is -0.199. The molecule has 6 heteroatoms. The minimum atomic E-state index is -0.977. The summed E-state index contributed by atoms with van der Waals surface area (Å²) < 4.78 is 6.04. The summed E-state index contributed by atoms with van der Waals surface area (Å²) in [6.07, 6.45) is 0.212. The zero-order valence-corrected chi connectivity index (χ0v) is 13.7. The van der Waals surface area contributed by atoms with Gasteiger partial charge in [-0.1, -0.05) is 12.1 Å². The number of likely N-dealkylation sites (tertiary alicyclic amines) is 1. The molecule has 2 aromatic rings. The number of amides is 1. The van der Waals surface area contributed by atoms with E-state index in [0.717, 1.165) is 11.8 Å². The van der Waals surface area contributed by atoms with Crippen LogP contribution in [0.5, 0.6) is 5.75 Å². The van der Waals surface area contributed by atoms with Gasteiger partial charge in [0.05, 0.1) is 17.1 Å². The van der Waals surface area contributed by atoms with Crippen molar-refractivity contribution in [3.8, 4) is 5.75 Å². The molecule has 0 bridgehead atoms. The molecule has 2 unspecified atom stereocenters. The van der Waals surface area contributed by atoms with E-state index in [-0.39, 0.29) is 11.5 Å². The maximum absolute atomic E-state index is 12.7. The standard InChI is InChI=1S/C18H20N2O4/c1-18(2)16(22)14(20-9-5-8-12(20)21)13-15(24-18)10-6-3-4-7-11(10)19-17(13)23/h3-4,6-7,14,16,22H,5,8-9H2,1-2H3,(H,19,23). The number of carbonyl (C=O) groups excluding carboxylic acids is 1. The van der Waals surface area contributed by atoms with Gasteiger partial charge >= 0.3 is 0 Å². The molecule has 2 aliphatic heterocycles. The lowest BCUT2D eigenvalue weighted by Crippen LogP contribution is -2.55. The summed E-state index contributed by atoms with van der Waals surface area (Å²) in [5, 5.41) is 11.6. The lowest BCUT2D eigenvalue weighted by Gasteiger charge is -2.45. The first-order valence-corrected chi connectivity index (χ1v) is 8.21. The monoisotopic (exact) mass is 328 g/mol. The van der Waals surface area contributed by atoms with E-state index < -0.39 is 17.7 Å². The van der Waals surface area contributed by atoms with E-state index in [1.54, 1.807) is 18.7 Å². The summed E-state index contributed by atoms with van der Waals surface area (Å²) in [6.45, 7) is 4.11. The first-order chi connectivity index (χ1) is 11.4. The van der Waals surface area contributed by atoms with Gasteiger partial charge in [0, 0.05) is 18.4 Å². The smallest absolute Gasteiger partial charge is 0.257 e. The number of nitrogens with zero attached hydrogens (tertiary/aromatic N) is 1. The number of nitrogens with one attached hydrogen (secondary N) is 1. The Kier molecular flexibility index (Phi) is 3.22. The largest absolute Gasteiger partial charge is 0.484 e. The number of pyridine rings is 1. The highest BCUT2D eigenvalue weighted by Crippen LogP contribution is 2.44. The minimum absolute atomic E-state index is 0.0322. The average molecular weight is 328 g/mol. The van der Waals surface area contributed by atoms with Crippen molar-refractivity contribution < 1.29 is 14.6 Å². The van der Waals surface area contributed by atoms with E-state index in [9.17, 15) is 14.7 Å². The summed E-state index contributed by atoms with van der Waals surface area (Å²) in [7, 11) is 0. The number of aliphatic hydroxyl groups is 1. The van der Waals surface area contributed by atoms with Crippen LogP contribution in [0.25, 0.3) is 10.9 Å². The van der Waals surface area contributed by atoms with Crippen LogP contribution in [0.4, 0.5) is 0 Å². The van der Waals surface area contributed by atoms with Gasteiger partial charge < -0.3 is 19.7 Å². The molecule has 2 atom stereocenters. The number of aromatic nitrogens is 1. The summed E-state index contributed by atoms with van der Waals surface area (Å²) >= 11 is 0. The van der Waals surface area contributed by atoms with E-state index in [2.05, 4.69) is 4.98 Å². The molecule has 0 radical (unpaired) electrons. The maximum Gasteiger partial charge on any atom is 0.257 e. The van der Waals surface area contributed by atoms with Crippen LogP contribution in [-0.2, 0) is 4.79 Å². The summed E-state index contributed by atoms with van der Waals surface area (Å²) in [4.78, 5) is 29.5. The molecule has 1 amide bonds. The Morgan fingerprint density at radius 1 is 1.29 bits per heavy atom. The molecule has 0 saturated carbocycles. The van der Waals surface area contributed by atoms with Crippen molar-refractivity contribution in [2.75, 3.05) is 6.54 Å². The molecular weight excluding hydrogens is 308 g/mol. The van der Waals surface area contributed by atoms with E-state index >= 15 is 0 Å². The Balaban J connectivity index is 2.01. The molecule has 1 saturated heterocycles. The fourth-order valence-electron chi connectivity index (χ4n) is 3.76. The highest BCUT2D eigenvalue weighted by Gasteiger charge is 2.49. The van der Waals surface area contributed by atoms with Crippen LogP contribution in [0, 0.1) is 0 Å². The van der Waals surface area contributed by atoms with E-state index in [1.807, 2.05) is 24.3 Å². The zero-order valence-electron chi connectivity index (χ0n) is 13.7. The Hall–Kier alpha value is -2.34. The SMILES string of the molecule is CC1(C)Oc2c(c(=O)[nH]c3ccccc23)C(N2CCCC2=O)C1O.